The van der Waals surface area contributed by atoms with E-state index in [9.17, 15) is 9.18 Å². The van der Waals surface area contributed by atoms with Gasteiger partial charge < -0.3 is 14.8 Å². The van der Waals surface area contributed by atoms with Crippen LogP contribution < -0.4 is 14.8 Å². The van der Waals surface area contributed by atoms with E-state index in [2.05, 4.69) is 10.3 Å². The third-order valence-electron chi connectivity index (χ3n) is 3.80. The second kappa shape index (κ2) is 7.82. The van der Waals surface area contributed by atoms with Crippen LogP contribution in [0, 0.1) is 5.82 Å². The number of rotatable bonds is 6. The van der Waals surface area contributed by atoms with Gasteiger partial charge in [-0.25, -0.2) is 4.39 Å². The van der Waals surface area contributed by atoms with Gasteiger partial charge in [0.25, 0.3) is 5.91 Å². The van der Waals surface area contributed by atoms with Crippen molar-refractivity contribution in [3.8, 4) is 11.5 Å². The fourth-order valence-corrected chi connectivity index (χ4v) is 2.55. The fraction of sp³-hybridized carbons (Fsp3) is 0.200. The molecule has 0 aliphatic carbocycles. The summed E-state index contributed by atoms with van der Waals surface area (Å²) in [5, 5.41) is 3.57. The quantitative estimate of drug-likeness (QED) is 0.721. The van der Waals surface area contributed by atoms with Crippen LogP contribution in [0.1, 0.15) is 13.8 Å². The maximum atomic E-state index is 13.7. The van der Waals surface area contributed by atoms with E-state index in [-0.39, 0.29) is 11.7 Å². The van der Waals surface area contributed by atoms with Crippen molar-refractivity contribution in [2.24, 2.45) is 0 Å². The van der Waals surface area contributed by atoms with Gasteiger partial charge in [0.15, 0.2) is 17.7 Å². The molecule has 3 rings (SSSR count). The summed E-state index contributed by atoms with van der Waals surface area (Å²) in [7, 11) is 0. The summed E-state index contributed by atoms with van der Waals surface area (Å²) in [5.41, 5.74) is 1.25. The van der Waals surface area contributed by atoms with Crippen LogP contribution in [0.25, 0.3) is 10.9 Å². The van der Waals surface area contributed by atoms with Gasteiger partial charge in [0.2, 0.25) is 0 Å². The Balaban J connectivity index is 1.81. The molecule has 1 aromatic heterocycles. The Kier molecular flexibility index (Phi) is 5.31. The van der Waals surface area contributed by atoms with Crippen molar-refractivity contribution in [3.05, 3.63) is 60.5 Å². The van der Waals surface area contributed by atoms with Gasteiger partial charge in [0.05, 0.1) is 12.3 Å². The first-order chi connectivity index (χ1) is 12.6. The maximum absolute atomic E-state index is 13.7. The summed E-state index contributed by atoms with van der Waals surface area (Å²) >= 11 is 0. The Labute approximate surface area is 150 Å². The molecule has 0 radical (unpaired) electrons. The number of carbonyl (C=O) groups is 1. The summed E-state index contributed by atoms with van der Waals surface area (Å²) in [6.45, 7) is 3.98. The van der Waals surface area contributed by atoms with Crippen LogP contribution in [0.15, 0.2) is 54.7 Å². The number of nitrogens with one attached hydrogen (secondary N) is 1. The third-order valence-corrected chi connectivity index (χ3v) is 3.80. The highest BCUT2D eigenvalue weighted by atomic mass is 19.1. The van der Waals surface area contributed by atoms with Gasteiger partial charge >= 0.3 is 0 Å². The van der Waals surface area contributed by atoms with Crippen LogP contribution in [-0.2, 0) is 4.79 Å². The molecule has 1 atom stereocenters. The summed E-state index contributed by atoms with van der Waals surface area (Å²) in [5.74, 6) is -0.212. The van der Waals surface area contributed by atoms with Crippen molar-refractivity contribution in [1.29, 1.82) is 0 Å². The second-order valence-electron chi connectivity index (χ2n) is 5.62. The number of hydrogen-bond donors (Lipinski definition) is 1. The van der Waals surface area contributed by atoms with Crippen molar-refractivity contribution in [2.45, 2.75) is 20.0 Å². The number of anilines is 1. The first kappa shape index (κ1) is 17.7. The van der Waals surface area contributed by atoms with Crippen molar-refractivity contribution in [1.82, 2.24) is 4.98 Å². The van der Waals surface area contributed by atoms with E-state index >= 15 is 0 Å². The number of halogens is 1. The summed E-state index contributed by atoms with van der Waals surface area (Å²) in [4.78, 5) is 16.8. The Morgan fingerprint density at radius 2 is 1.96 bits per heavy atom. The zero-order valence-electron chi connectivity index (χ0n) is 14.5. The minimum Gasteiger partial charge on any atom is -0.492 e. The van der Waals surface area contributed by atoms with Gasteiger partial charge in [-0.1, -0.05) is 12.1 Å². The normalized spacial score (nSPS) is 11.8. The number of aromatic nitrogens is 1. The van der Waals surface area contributed by atoms with Gasteiger partial charge in [-0.15, -0.1) is 0 Å². The number of benzene rings is 2. The lowest BCUT2D eigenvalue weighted by atomic mass is 10.1. The minimum absolute atomic E-state index is 0.0355. The number of pyridine rings is 1. The molecule has 0 aliphatic rings. The minimum atomic E-state index is -0.870. The summed E-state index contributed by atoms with van der Waals surface area (Å²) in [6.07, 6.45) is 0.797. The largest absolute Gasteiger partial charge is 0.492 e. The van der Waals surface area contributed by atoms with Gasteiger partial charge in [-0.2, -0.15) is 0 Å². The predicted molar refractivity (Wildman–Crippen MR) is 98.0 cm³/mol. The molecule has 1 heterocycles. The highest BCUT2D eigenvalue weighted by Crippen LogP contribution is 2.30. The number of hydrogen-bond acceptors (Lipinski definition) is 4. The number of carbonyl (C=O) groups excluding carboxylic acids is 1. The van der Waals surface area contributed by atoms with Gasteiger partial charge in [0, 0.05) is 11.6 Å². The number of nitrogens with zero attached hydrogens (tertiary/aromatic N) is 1. The topological polar surface area (TPSA) is 60.5 Å². The van der Waals surface area contributed by atoms with E-state index in [0.29, 0.717) is 23.6 Å². The number of fused-ring (bicyclic) bond motifs is 1. The molecule has 1 N–H and O–H groups in total. The van der Waals surface area contributed by atoms with E-state index in [1.54, 1.807) is 43.5 Å². The van der Waals surface area contributed by atoms with Crippen molar-refractivity contribution in [3.63, 3.8) is 0 Å². The molecule has 6 heteroatoms. The molecule has 0 saturated heterocycles. The van der Waals surface area contributed by atoms with Crippen LogP contribution >= 0.6 is 0 Å². The van der Waals surface area contributed by atoms with Crippen molar-refractivity contribution < 1.29 is 18.7 Å². The molecule has 0 aliphatic heterocycles. The zero-order chi connectivity index (χ0) is 18.5. The van der Waals surface area contributed by atoms with E-state index in [1.807, 2.05) is 13.0 Å². The predicted octanol–water partition coefficient (Wildman–Crippen LogP) is 4.18. The molecule has 1 amide bonds. The molecule has 5 nitrogen and oxygen atoms in total. The lowest BCUT2D eigenvalue weighted by Crippen LogP contribution is -2.30. The molecule has 0 unspecified atom stereocenters. The fourth-order valence-electron chi connectivity index (χ4n) is 2.55. The molecule has 3 aromatic rings. The van der Waals surface area contributed by atoms with Crippen LogP contribution in [0.3, 0.4) is 0 Å². The van der Waals surface area contributed by atoms with Gasteiger partial charge in [-0.05, 0) is 50.2 Å². The van der Waals surface area contributed by atoms with Gasteiger partial charge in [-0.3, -0.25) is 9.78 Å². The average molecular weight is 354 g/mol. The van der Waals surface area contributed by atoms with Crippen LogP contribution in [0.2, 0.25) is 0 Å². The SMILES string of the molecule is CCOc1ccc(NC(=O)[C@H](C)Oc2ccccc2F)c2cccnc12. The lowest BCUT2D eigenvalue weighted by Gasteiger charge is -2.16. The van der Waals surface area contributed by atoms with Crippen molar-refractivity contribution in [2.75, 3.05) is 11.9 Å². The molecule has 0 fully saturated rings. The van der Waals surface area contributed by atoms with Crippen LogP contribution in [0.4, 0.5) is 10.1 Å². The Hall–Kier alpha value is -3.15. The highest BCUT2D eigenvalue weighted by Gasteiger charge is 2.18. The molecule has 2 aromatic carbocycles. The van der Waals surface area contributed by atoms with Gasteiger partial charge in [0.1, 0.15) is 11.3 Å². The number of ether oxygens (including phenoxy) is 2. The average Bonchev–Trinajstić information content (AvgIpc) is 2.65. The molecule has 0 bridgehead atoms. The molecule has 134 valence electrons. The molecular formula is C20H19FN2O3. The molecule has 0 spiro atoms. The maximum Gasteiger partial charge on any atom is 0.265 e. The van der Waals surface area contributed by atoms with Crippen LogP contribution in [0.5, 0.6) is 11.5 Å². The van der Waals surface area contributed by atoms with E-state index in [4.69, 9.17) is 9.47 Å². The molecule has 26 heavy (non-hydrogen) atoms. The van der Waals surface area contributed by atoms with E-state index in [1.165, 1.54) is 12.1 Å². The Morgan fingerprint density at radius 1 is 1.15 bits per heavy atom. The first-order valence-corrected chi connectivity index (χ1v) is 8.32. The lowest BCUT2D eigenvalue weighted by molar-refractivity contribution is -0.122. The number of amides is 1. The Morgan fingerprint density at radius 3 is 2.73 bits per heavy atom. The monoisotopic (exact) mass is 354 g/mol. The van der Waals surface area contributed by atoms with Crippen LogP contribution in [-0.4, -0.2) is 23.6 Å². The smallest absolute Gasteiger partial charge is 0.265 e. The third kappa shape index (κ3) is 3.74. The summed E-state index contributed by atoms with van der Waals surface area (Å²) < 4.78 is 24.7. The second-order valence-corrected chi connectivity index (χ2v) is 5.62. The standard InChI is InChI=1S/C20H19FN2O3/c1-3-25-18-11-10-16(14-7-6-12-22-19(14)18)23-20(24)13(2)26-17-9-5-4-8-15(17)21/h4-13H,3H2,1-2H3,(H,23,24)/t13-/m0/s1. The van der Waals surface area contributed by atoms with E-state index < -0.39 is 11.9 Å². The Bertz CT molecular complexity index is 930. The van der Waals surface area contributed by atoms with Crippen molar-refractivity contribution >= 4 is 22.5 Å². The summed E-state index contributed by atoms with van der Waals surface area (Å²) in [6, 6.07) is 13.1. The highest BCUT2D eigenvalue weighted by molar-refractivity contribution is 6.04. The first-order valence-electron chi connectivity index (χ1n) is 8.32. The molecular weight excluding hydrogens is 335 g/mol. The van der Waals surface area contributed by atoms with E-state index in [0.717, 1.165) is 5.39 Å². The number of para-hydroxylation sites is 1. The molecule has 0 saturated carbocycles. The zero-order valence-corrected chi connectivity index (χ0v) is 14.5.